The molecule has 16 heavy (non-hydrogen) atoms. The number of anilines is 1. The molecule has 0 fully saturated rings. The molecule has 0 aromatic carbocycles. The van der Waals surface area contributed by atoms with Crippen LogP contribution in [-0.4, -0.2) is 17.9 Å². The number of rotatable bonds is 2. The summed E-state index contributed by atoms with van der Waals surface area (Å²) in [6.07, 6.45) is 4.76. The number of halogens is 1. The number of hydrogen-bond acceptors (Lipinski definition) is 3. The summed E-state index contributed by atoms with van der Waals surface area (Å²) in [4.78, 5) is 17.5. The summed E-state index contributed by atoms with van der Waals surface area (Å²) in [5.41, 5.74) is 1.23. The van der Waals surface area contributed by atoms with E-state index in [1.807, 2.05) is 6.07 Å². The Kier molecular flexibility index (Phi) is 3.05. The first-order valence-corrected chi connectivity index (χ1v) is 5.40. The molecule has 2 aromatic heterocycles. The average Bonchev–Trinajstić information content (AvgIpc) is 2.75. The maximum Gasteiger partial charge on any atom is 0.262 e. The Morgan fingerprint density at radius 2 is 2.31 bits per heavy atom. The maximum atomic E-state index is 12.0. The van der Waals surface area contributed by atoms with E-state index in [1.54, 1.807) is 31.6 Å². The van der Waals surface area contributed by atoms with E-state index in [2.05, 4.69) is 20.9 Å². The van der Waals surface area contributed by atoms with Gasteiger partial charge in [0.15, 0.2) is 4.67 Å². The number of furan rings is 1. The molecule has 0 atom stereocenters. The van der Waals surface area contributed by atoms with Crippen molar-refractivity contribution in [2.24, 2.45) is 0 Å². The van der Waals surface area contributed by atoms with Gasteiger partial charge in [0.1, 0.15) is 0 Å². The highest BCUT2D eigenvalue weighted by Crippen LogP contribution is 2.21. The van der Waals surface area contributed by atoms with Crippen molar-refractivity contribution in [3.05, 3.63) is 47.1 Å². The number of pyridine rings is 1. The molecule has 0 saturated carbocycles. The van der Waals surface area contributed by atoms with E-state index in [0.717, 1.165) is 5.69 Å². The van der Waals surface area contributed by atoms with E-state index < -0.39 is 0 Å². The second-order valence-electron chi connectivity index (χ2n) is 3.18. The van der Waals surface area contributed by atoms with Crippen molar-refractivity contribution in [2.45, 2.75) is 0 Å². The van der Waals surface area contributed by atoms with E-state index in [1.165, 1.54) is 11.2 Å². The van der Waals surface area contributed by atoms with Crippen LogP contribution in [0.2, 0.25) is 0 Å². The van der Waals surface area contributed by atoms with Gasteiger partial charge in [-0.3, -0.25) is 9.78 Å². The van der Waals surface area contributed by atoms with E-state index in [4.69, 9.17) is 4.42 Å². The molecule has 82 valence electrons. The molecule has 5 heteroatoms. The number of aromatic nitrogens is 1. The highest BCUT2D eigenvalue weighted by Gasteiger charge is 2.18. The fourth-order valence-electron chi connectivity index (χ4n) is 1.30. The molecule has 0 spiro atoms. The van der Waals surface area contributed by atoms with Crippen molar-refractivity contribution in [3.63, 3.8) is 0 Å². The van der Waals surface area contributed by atoms with Gasteiger partial charge < -0.3 is 9.32 Å². The largest absolute Gasteiger partial charge is 0.457 e. The van der Waals surface area contributed by atoms with Crippen molar-refractivity contribution in [1.29, 1.82) is 0 Å². The van der Waals surface area contributed by atoms with Crippen LogP contribution in [0.15, 0.2) is 45.9 Å². The van der Waals surface area contributed by atoms with Gasteiger partial charge in [-0.15, -0.1) is 0 Å². The molecular formula is C11H9BrN2O2. The highest BCUT2D eigenvalue weighted by molar-refractivity contribution is 9.10. The first kappa shape index (κ1) is 10.9. The SMILES string of the molecule is CN(C(=O)c1ccoc1Br)c1cccnc1. The number of nitrogens with zero attached hydrogens (tertiary/aromatic N) is 2. The van der Waals surface area contributed by atoms with Crippen molar-refractivity contribution >= 4 is 27.5 Å². The molecule has 2 heterocycles. The van der Waals surface area contributed by atoms with Crippen LogP contribution in [0.3, 0.4) is 0 Å². The number of carbonyl (C=O) groups excluding carboxylic acids is 1. The van der Waals surface area contributed by atoms with Crippen molar-refractivity contribution in [2.75, 3.05) is 11.9 Å². The zero-order valence-electron chi connectivity index (χ0n) is 8.55. The van der Waals surface area contributed by atoms with Gasteiger partial charge in [-0.1, -0.05) is 0 Å². The molecule has 0 N–H and O–H groups in total. The first-order chi connectivity index (χ1) is 7.70. The summed E-state index contributed by atoms with van der Waals surface area (Å²) in [7, 11) is 1.69. The lowest BCUT2D eigenvalue weighted by Crippen LogP contribution is -2.26. The van der Waals surface area contributed by atoms with Gasteiger partial charge in [0, 0.05) is 13.2 Å². The summed E-state index contributed by atoms with van der Waals surface area (Å²) in [5.74, 6) is -0.145. The van der Waals surface area contributed by atoms with Gasteiger partial charge in [-0.05, 0) is 34.1 Å². The first-order valence-electron chi connectivity index (χ1n) is 4.61. The van der Waals surface area contributed by atoms with Crippen LogP contribution < -0.4 is 4.90 Å². The minimum Gasteiger partial charge on any atom is -0.457 e. The van der Waals surface area contributed by atoms with E-state index in [0.29, 0.717) is 10.2 Å². The van der Waals surface area contributed by atoms with E-state index in [9.17, 15) is 4.79 Å². The van der Waals surface area contributed by atoms with Crippen LogP contribution in [0.5, 0.6) is 0 Å². The van der Waals surface area contributed by atoms with Gasteiger partial charge in [0.25, 0.3) is 5.91 Å². The van der Waals surface area contributed by atoms with E-state index in [-0.39, 0.29) is 5.91 Å². The fourth-order valence-corrected chi connectivity index (χ4v) is 1.71. The molecule has 0 aliphatic carbocycles. The molecule has 0 saturated heterocycles. The van der Waals surface area contributed by atoms with Gasteiger partial charge in [0.2, 0.25) is 0 Å². The maximum absolute atomic E-state index is 12.0. The zero-order valence-corrected chi connectivity index (χ0v) is 10.1. The molecule has 0 aliphatic rings. The topological polar surface area (TPSA) is 46.3 Å². The standard InChI is InChI=1S/C11H9BrN2O2/c1-14(8-3-2-5-13-7-8)11(15)9-4-6-16-10(9)12/h2-7H,1H3. The van der Waals surface area contributed by atoms with Crippen LogP contribution in [0.1, 0.15) is 10.4 Å². The zero-order chi connectivity index (χ0) is 11.5. The smallest absolute Gasteiger partial charge is 0.262 e. The number of amides is 1. The Bertz CT molecular complexity index is 496. The molecule has 0 aliphatic heterocycles. The summed E-state index contributed by atoms with van der Waals surface area (Å²) in [6, 6.07) is 5.22. The molecule has 0 bridgehead atoms. The predicted octanol–water partition coefficient (Wildman–Crippen LogP) is 2.71. The number of hydrogen-bond donors (Lipinski definition) is 0. The Balaban J connectivity index is 2.27. The van der Waals surface area contributed by atoms with Gasteiger partial charge in [0.05, 0.1) is 23.7 Å². The third-order valence-corrected chi connectivity index (χ3v) is 2.80. The van der Waals surface area contributed by atoms with Crippen LogP contribution >= 0.6 is 15.9 Å². The van der Waals surface area contributed by atoms with E-state index >= 15 is 0 Å². The lowest BCUT2D eigenvalue weighted by Gasteiger charge is -2.15. The second-order valence-corrected chi connectivity index (χ2v) is 3.90. The summed E-state index contributed by atoms with van der Waals surface area (Å²) >= 11 is 3.18. The van der Waals surface area contributed by atoms with Crippen LogP contribution in [-0.2, 0) is 0 Å². The Morgan fingerprint density at radius 3 is 2.88 bits per heavy atom. The minimum absolute atomic E-state index is 0.145. The fraction of sp³-hybridized carbons (Fsp3) is 0.0909. The van der Waals surface area contributed by atoms with Crippen LogP contribution in [0.4, 0.5) is 5.69 Å². The quantitative estimate of drug-likeness (QED) is 0.850. The normalized spacial score (nSPS) is 10.1. The summed E-state index contributed by atoms with van der Waals surface area (Å²) < 4.78 is 5.46. The monoisotopic (exact) mass is 280 g/mol. The third-order valence-electron chi connectivity index (χ3n) is 2.19. The molecular weight excluding hydrogens is 272 g/mol. The molecule has 1 amide bonds. The minimum atomic E-state index is -0.145. The second kappa shape index (κ2) is 4.49. The molecule has 0 unspecified atom stereocenters. The lowest BCUT2D eigenvalue weighted by atomic mass is 10.3. The lowest BCUT2D eigenvalue weighted by molar-refractivity contribution is 0.0991. The third kappa shape index (κ3) is 1.99. The molecule has 4 nitrogen and oxygen atoms in total. The Morgan fingerprint density at radius 1 is 1.50 bits per heavy atom. The Labute approximate surface area is 101 Å². The summed E-state index contributed by atoms with van der Waals surface area (Å²) in [5, 5.41) is 0. The average molecular weight is 281 g/mol. The number of carbonyl (C=O) groups is 1. The van der Waals surface area contributed by atoms with Crippen LogP contribution in [0.25, 0.3) is 0 Å². The highest BCUT2D eigenvalue weighted by atomic mass is 79.9. The molecule has 2 rings (SSSR count). The van der Waals surface area contributed by atoms with Gasteiger partial charge in [-0.25, -0.2) is 0 Å². The molecule has 0 radical (unpaired) electrons. The summed E-state index contributed by atoms with van der Waals surface area (Å²) in [6.45, 7) is 0. The van der Waals surface area contributed by atoms with Crippen molar-refractivity contribution in [1.82, 2.24) is 4.98 Å². The van der Waals surface area contributed by atoms with Crippen LogP contribution in [0, 0.1) is 0 Å². The van der Waals surface area contributed by atoms with Crippen molar-refractivity contribution in [3.8, 4) is 0 Å². The predicted molar refractivity (Wildman–Crippen MR) is 63.4 cm³/mol. The van der Waals surface area contributed by atoms with Gasteiger partial charge >= 0.3 is 0 Å². The van der Waals surface area contributed by atoms with Crippen molar-refractivity contribution < 1.29 is 9.21 Å². The Hall–Kier alpha value is -1.62. The van der Waals surface area contributed by atoms with Gasteiger partial charge in [-0.2, -0.15) is 0 Å². The molecule has 2 aromatic rings.